The van der Waals surface area contributed by atoms with E-state index in [0.717, 1.165) is 36.3 Å². The Hall–Kier alpha value is -3.12. The van der Waals surface area contributed by atoms with Gasteiger partial charge in [0.2, 0.25) is 5.76 Å². The summed E-state index contributed by atoms with van der Waals surface area (Å²) >= 11 is 0. The first kappa shape index (κ1) is 22.1. The van der Waals surface area contributed by atoms with E-state index in [-0.39, 0.29) is 17.1 Å². The quantitative estimate of drug-likeness (QED) is 0.526. The number of benzene rings is 2. The number of ether oxygens (including phenoxy) is 1. The number of rotatable bonds is 8. The van der Waals surface area contributed by atoms with Crippen molar-refractivity contribution in [1.82, 2.24) is 9.80 Å². The van der Waals surface area contributed by atoms with Crippen LogP contribution in [-0.4, -0.2) is 49.5 Å². The Labute approximate surface area is 188 Å². The van der Waals surface area contributed by atoms with Crippen molar-refractivity contribution in [3.05, 3.63) is 75.1 Å². The molecule has 2 aromatic carbocycles. The van der Waals surface area contributed by atoms with Crippen LogP contribution in [-0.2, 0) is 0 Å². The van der Waals surface area contributed by atoms with Crippen LogP contribution in [0.15, 0.2) is 51.7 Å². The Morgan fingerprint density at radius 2 is 1.94 bits per heavy atom. The van der Waals surface area contributed by atoms with E-state index in [9.17, 15) is 9.59 Å². The minimum absolute atomic E-state index is 0.140. The third-order valence-corrected chi connectivity index (χ3v) is 5.77. The molecule has 0 radical (unpaired) electrons. The molecule has 1 aromatic heterocycles. The zero-order valence-corrected chi connectivity index (χ0v) is 19.2. The van der Waals surface area contributed by atoms with Crippen LogP contribution in [0.25, 0.3) is 11.0 Å². The van der Waals surface area contributed by atoms with Crippen LogP contribution in [0.2, 0.25) is 0 Å². The molecule has 2 heterocycles. The Morgan fingerprint density at radius 1 is 1.12 bits per heavy atom. The van der Waals surface area contributed by atoms with Gasteiger partial charge in [-0.15, -0.1) is 0 Å². The molecule has 6 heteroatoms. The van der Waals surface area contributed by atoms with Gasteiger partial charge in [-0.25, -0.2) is 0 Å². The summed E-state index contributed by atoms with van der Waals surface area (Å²) in [5.41, 5.74) is 2.56. The maximum atomic E-state index is 13.6. The molecule has 0 fully saturated rings. The SMILES string of the molecule is CCCOc1cccc([C@H]2c3c(oc4ccc(C)cc4c3=O)C(=O)N2CCCN(C)C)c1. The van der Waals surface area contributed by atoms with Crippen LogP contribution < -0.4 is 10.2 Å². The Bertz CT molecular complexity index is 1200. The monoisotopic (exact) mass is 434 g/mol. The molecule has 1 aliphatic heterocycles. The molecule has 6 nitrogen and oxygen atoms in total. The number of hydrogen-bond donors (Lipinski definition) is 0. The molecule has 0 N–H and O–H groups in total. The van der Waals surface area contributed by atoms with Crippen molar-refractivity contribution in [2.75, 3.05) is 33.8 Å². The fraction of sp³-hybridized carbons (Fsp3) is 0.385. The van der Waals surface area contributed by atoms with Gasteiger partial charge in [0.1, 0.15) is 11.3 Å². The zero-order valence-electron chi connectivity index (χ0n) is 19.2. The minimum atomic E-state index is -0.494. The Kier molecular flexibility index (Phi) is 6.33. The largest absolute Gasteiger partial charge is 0.494 e. The maximum absolute atomic E-state index is 13.6. The maximum Gasteiger partial charge on any atom is 0.290 e. The van der Waals surface area contributed by atoms with Gasteiger partial charge in [-0.2, -0.15) is 0 Å². The van der Waals surface area contributed by atoms with Crippen LogP contribution in [0, 0.1) is 6.92 Å². The Balaban J connectivity index is 1.84. The summed E-state index contributed by atoms with van der Waals surface area (Å²) in [5.74, 6) is 0.656. The number of hydrogen-bond acceptors (Lipinski definition) is 5. The number of fused-ring (bicyclic) bond motifs is 2. The van der Waals surface area contributed by atoms with Crippen molar-refractivity contribution in [3.8, 4) is 5.75 Å². The smallest absolute Gasteiger partial charge is 0.290 e. The molecule has 0 spiro atoms. The fourth-order valence-corrected chi connectivity index (χ4v) is 4.26. The first-order valence-electron chi connectivity index (χ1n) is 11.2. The van der Waals surface area contributed by atoms with E-state index in [1.54, 1.807) is 11.0 Å². The van der Waals surface area contributed by atoms with E-state index in [1.807, 2.05) is 57.4 Å². The summed E-state index contributed by atoms with van der Waals surface area (Å²) in [6.07, 6.45) is 1.70. The summed E-state index contributed by atoms with van der Waals surface area (Å²) in [4.78, 5) is 30.9. The molecule has 32 heavy (non-hydrogen) atoms. The minimum Gasteiger partial charge on any atom is -0.494 e. The molecule has 0 unspecified atom stereocenters. The molecule has 1 atom stereocenters. The highest BCUT2D eigenvalue weighted by atomic mass is 16.5. The third kappa shape index (κ3) is 4.15. The van der Waals surface area contributed by atoms with Crippen LogP contribution in [0.1, 0.15) is 53.1 Å². The molecule has 3 aromatic rings. The zero-order chi connectivity index (χ0) is 22.8. The highest BCUT2D eigenvalue weighted by Crippen LogP contribution is 2.39. The van der Waals surface area contributed by atoms with Gasteiger partial charge in [-0.1, -0.05) is 30.7 Å². The Morgan fingerprint density at radius 3 is 2.69 bits per heavy atom. The van der Waals surface area contributed by atoms with Crippen molar-refractivity contribution < 1.29 is 13.9 Å². The van der Waals surface area contributed by atoms with E-state index in [1.165, 1.54) is 0 Å². The fourth-order valence-electron chi connectivity index (χ4n) is 4.26. The molecule has 4 rings (SSSR count). The average molecular weight is 435 g/mol. The highest BCUT2D eigenvalue weighted by molar-refractivity contribution is 5.99. The molecule has 168 valence electrons. The van der Waals surface area contributed by atoms with Gasteiger partial charge in [0.15, 0.2) is 5.43 Å². The van der Waals surface area contributed by atoms with Gasteiger partial charge in [0, 0.05) is 6.54 Å². The summed E-state index contributed by atoms with van der Waals surface area (Å²) < 4.78 is 11.8. The molecule has 1 aliphatic rings. The van der Waals surface area contributed by atoms with Gasteiger partial charge in [-0.05, 0) is 70.2 Å². The van der Waals surface area contributed by atoms with Crippen molar-refractivity contribution in [2.45, 2.75) is 32.7 Å². The normalized spacial score (nSPS) is 15.6. The molecule has 1 amide bonds. The van der Waals surface area contributed by atoms with Crippen molar-refractivity contribution >= 4 is 16.9 Å². The lowest BCUT2D eigenvalue weighted by atomic mass is 9.98. The predicted octanol–water partition coefficient (Wildman–Crippen LogP) is 4.39. The molecule has 0 aliphatic carbocycles. The van der Waals surface area contributed by atoms with Gasteiger partial charge in [-0.3, -0.25) is 9.59 Å². The topological polar surface area (TPSA) is 63.0 Å². The summed E-state index contributed by atoms with van der Waals surface area (Å²) in [5, 5.41) is 0.509. The van der Waals surface area contributed by atoms with E-state index in [2.05, 4.69) is 11.8 Å². The molecule has 0 bridgehead atoms. The second-order valence-corrected chi connectivity index (χ2v) is 8.65. The summed E-state index contributed by atoms with van der Waals surface area (Å²) in [7, 11) is 4.01. The van der Waals surface area contributed by atoms with Crippen LogP contribution in [0.5, 0.6) is 5.75 Å². The molecule has 0 saturated heterocycles. The van der Waals surface area contributed by atoms with Gasteiger partial charge < -0.3 is 19.0 Å². The number of nitrogens with zero attached hydrogens (tertiary/aromatic N) is 2. The molecular formula is C26H30N2O4. The van der Waals surface area contributed by atoms with Crippen molar-refractivity contribution in [3.63, 3.8) is 0 Å². The lowest BCUT2D eigenvalue weighted by molar-refractivity contribution is 0.0722. The third-order valence-electron chi connectivity index (χ3n) is 5.77. The number of aryl methyl sites for hydroxylation is 1. The lowest BCUT2D eigenvalue weighted by Gasteiger charge is -2.26. The number of carbonyl (C=O) groups excluding carboxylic acids is 1. The number of amides is 1. The standard InChI is InChI=1S/C26H30N2O4/c1-5-14-31-19-9-6-8-18(16-19)23-22-24(29)20-15-17(2)10-11-21(20)32-25(22)26(30)28(23)13-7-12-27(3)4/h6,8-11,15-16,23H,5,7,12-14H2,1-4H3/t23-/m0/s1. The van der Waals surface area contributed by atoms with Crippen molar-refractivity contribution in [1.29, 1.82) is 0 Å². The van der Waals surface area contributed by atoms with E-state index >= 15 is 0 Å². The van der Waals surface area contributed by atoms with Gasteiger partial charge in [0.05, 0.1) is 23.6 Å². The summed E-state index contributed by atoms with van der Waals surface area (Å²) in [6, 6.07) is 12.7. The molecular weight excluding hydrogens is 404 g/mol. The van der Waals surface area contributed by atoms with Gasteiger partial charge >= 0.3 is 0 Å². The van der Waals surface area contributed by atoms with Gasteiger partial charge in [0.25, 0.3) is 5.91 Å². The van der Waals surface area contributed by atoms with E-state index < -0.39 is 6.04 Å². The van der Waals surface area contributed by atoms with Crippen LogP contribution in [0.3, 0.4) is 0 Å². The van der Waals surface area contributed by atoms with E-state index in [4.69, 9.17) is 9.15 Å². The van der Waals surface area contributed by atoms with E-state index in [0.29, 0.717) is 29.7 Å². The first-order valence-corrected chi connectivity index (χ1v) is 11.2. The predicted molar refractivity (Wildman–Crippen MR) is 125 cm³/mol. The second-order valence-electron chi connectivity index (χ2n) is 8.65. The first-order chi connectivity index (χ1) is 15.4. The number of carbonyl (C=O) groups is 1. The summed E-state index contributed by atoms with van der Waals surface area (Å²) in [6.45, 7) is 5.98. The van der Waals surface area contributed by atoms with Crippen LogP contribution >= 0.6 is 0 Å². The average Bonchev–Trinajstić information content (AvgIpc) is 3.05. The lowest BCUT2D eigenvalue weighted by Crippen LogP contribution is -2.32. The second kappa shape index (κ2) is 9.17. The van der Waals surface area contributed by atoms with Crippen LogP contribution in [0.4, 0.5) is 0 Å². The highest BCUT2D eigenvalue weighted by Gasteiger charge is 2.42. The van der Waals surface area contributed by atoms with Crippen molar-refractivity contribution in [2.24, 2.45) is 0 Å². The molecule has 0 saturated carbocycles.